The third kappa shape index (κ3) is 5.32. The van der Waals surface area contributed by atoms with E-state index in [2.05, 4.69) is 15.6 Å². The lowest BCUT2D eigenvalue weighted by Gasteiger charge is -2.12. The van der Waals surface area contributed by atoms with Gasteiger partial charge in [-0.1, -0.05) is 12.1 Å². The average Bonchev–Trinajstić information content (AvgIpc) is 3.15. The van der Waals surface area contributed by atoms with Crippen molar-refractivity contribution >= 4 is 39.7 Å². The van der Waals surface area contributed by atoms with Crippen molar-refractivity contribution in [1.82, 2.24) is 4.98 Å². The zero-order valence-electron chi connectivity index (χ0n) is 16.3. The fourth-order valence-electron chi connectivity index (χ4n) is 2.63. The number of hydrogen-bond acceptors (Lipinski definition) is 7. The number of carbonyl (C=O) groups excluding carboxylic acids is 2. The second-order valence-corrected chi connectivity index (χ2v) is 7.11. The van der Waals surface area contributed by atoms with Crippen LogP contribution in [0.1, 0.15) is 28.5 Å². The first-order chi connectivity index (χ1) is 14.0. The van der Waals surface area contributed by atoms with Crippen LogP contribution in [0.4, 0.5) is 16.5 Å². The Morgan fingerprint density at radius 3 is 2.59 bits per heavy atom. The molecule has 0 saturated heterocycles. The molecule has 0 unspecified atom stereocenters. The van der Waals surface area contributed by atoms with Gasteiger partial charge in [-0.3, -0.25) is 4.79 Å². The second-order valence-electron chi connectivity index (χ2n) is 6.25. The number of para-hydroxylation sites is 1. The number of esters is 1. The standard InChI is InChI=1S/C21H21N3O4S/c1-13-5-4-6-18(19(13)22-14(2)25)20(26)28-11-16-12-29-21(24-16)23-15-7-9-17(27-3)10-8-15/h4-10,12H,11H2,1-3H3,(H,22,25)(H,23,24). The number of hydrogen-bond donors (Lipinski definition) is 2. The smallest absolute Gasteiger partial charge is 0.340 e. The molecule has 2 N–H and O–H groups in total. The van der Waals surface area contributed by atoms with Gasteiger partial charge in [0.25, 0.3) is 0 Å². The van der Waals surface area contributed by atoms with Crippen LogP contribution in [0.2, 0.25) is 0 Å². The molecule has 1 amide bonds. The molecule has 0 radical (unpaired) electrons. The van der Waals surface area contributed by atoms with Crippen molar-refractivity contribution in [1.29, 1.82) is 0 Å². The summed E-state index contributed by atoms with van der Waals surface area (Å²) in [6.45, 7) is 3.25. The Balaban J connectivity index is 1.63. The summed E-state index contributed by atoms with van der Waals surface area (Å²) in [5.74, 6) is 0.00860. The molecule has 0 fully saturated rings. The van der Waals surface area contributed by atoms with E-state index in [4.69, 9.17) is 9.47 Å². The number of carbonyl (C=O) groups is 2. The molecule has 0 bridgehead atoms. The molecule has 0 saturated carbocycles. The lowest BCUT2D eigenvalue weighted by atomic mass is 10.1. The Hall–Kier alpha value is -3.39. The van der Waals surface area contributed by atoms with Crippen LogP contribution in [0.15, 0.2) is 47.8 Å². The molecule has 8 heteroatoms. The van der Waals surface area contributed by atoms with Gasteiger partial charge in [0.15, 0.2) is 5.13 Å². The maximum Gasteiger partial charge on any atom is 0.340 e. The molecule has 3 rings (SSSR count). The maximum absolute atomic E-state index is 12.5. The van der Waals surface area contributed by atoms with Gasteiger partial charge in [-0.05, 0) is 42.8 Å². The van der Waals surface area contributed by atoms with Crippen LogP contribution in [0.3, 0.4) is 0 Å². The highest BCUT2D eigenvalue weighted by molar-refractivity contribution is 7.13. The van der Waals surface area contributed by atoms with Gasteiger partial charge < -0.3 is 20.1 Å². The van der Waals surface area contributed by atoms with Gasteiger partial charge in [-0.15, -0.1) is 11.3 Å². The normalized spacial score (nSPS) is 10.3. The topological polar surface area (TPSA) is 89.5 Å². The van der Waals surface area contributed by atoms with Gasteiger partial charge in [0.2, 0.25) is 5.91 Å². The van der Waals surface area contributed by atoms with Gasteiger partial charge in [-0.25, -0.2) is 9.78 Å². The Morgan fingerprint density at radius 1 is 1.14 bits per heavy atom. The van der Waals surface area contributed by atoms with E-state index >= 15 is 0 Å². The average molecular weight is 411 g/mol. The van der Waals surface area contributed by atoms with Crippen molar-refractivity contribution in [3.05, 3.63) is 64.7 Å². The van der Waals surface area contributed by atoms with Gasteiger partial charge in [0, 0.05) is 18.0 Å². The molecule has 1 heterocycles. The first kappa shape index (κ1) is 20.3. The molecular formula is C21H21N3O4S. The SMILES string of the molecule is COc1ccc(Nc2nc(COC(=O)c3cccc(C)c3NC(C)=O)cs2)cc1. The molecule has 0 aliphatic carbocycles. The van der Waals surface area contributed by atoms with E-state index in [0.29, 0.717) is 22.1 Å². The fraction of sp³-hybridized carbons (Fsp3) is 0.190. The number of amides is 1. The third-order valence-corrected chi connectivity index (χ3v) is 4.84. The van der Waals surface area contributed by atoms with Crippen LogP contribution in [0.5, 0.6) is 5.75 Å². The summed E-state index contributed by atoms with van der Waals surface area (Å²) in [6, 6.07) is 12.7. The van der Waals surface area contributed by atoms with E-state index in [0.717, 1.165) is 17.0 Å². The molecule has 0 aliphatic rings. The summed E-state index contributed by atoms with van der Waals surface area (Å²) in [6.07, 6.45) is 0. The van der Waals surface area contributed by atoms with Gasteiger partial charge >= 0.3 is 5.97 Å². The fourth-order valence-corrected chi connectivity index (χ4v) is 3.34. The van der Waals surface area contributed by atoms with Crippen molar-refractivity contribution in [2.45, 2.75) is 20.5 Å². The molecule has 29 heavy (non-hydrogen) atoms. The minimum Gasteiger partial charge on any atom is -0.497 e. The van der Waals surface area contributed by atoms with Crippen LogP contribution in [-0.2, 0) is 16.1 Å². The van der Waals surface area contributed by atoms with Crippen LogP contribution >= 0.6 is 11.3 Å². The Bertz CT molecular complexity index is 1020. The van der Waals surface area contributed by atoms with Gasteiger partial charge in [0.05, 0.1) is 24.1 Å². The summed E-state index contributed by atoms with van der Waals surface area (Å²) in [5, 5.41) is 8.40. The number of thiazole rings is 1. The number of rotatable bonds is 7. The van der Waals surface area contributed by atoms with E-state index in [1.807, 2.05) is 42.6 Å². The Kier molecular flexibility index (Phi) is 6.46. The monoisotopic (exact) mass is 411 g/mol. The first-order valence-corrected chi connectivity index (χ1v) is 9.74. The van der Waals surface area contributed by atoms with E-state index in [9.17, 15) is 9.59 Å². The number of aryl methyl sites for hydroxylation is 1. The number of anilines is 3. The lowest BCUT2D eigenvalue weighted by Crippen LogP contribution is -2.14. The summed E-state index contributed by atoms with van der Waals surface area (Å²) >= 11 is 1.41. The van der Waals surface area contributed by atoms with Crippen LogP contribution in [0, 0.1) is 6.92 Å². The van der Waals surface area contributed by atoms with Gasteiger partial charge in [-0.2, -0.15) is 0 Å². The molecule has 150 valence electrons. The van der Waals surface area contributed by atoms with Gasteiger partial charge in [0.1, 0.15) is 12.4 Å². The van der Waals surface area contributed by atoms with Crippen LogP contribution < -0.4 is 15.4 Å². The molecule has 3 aromatic rings. The third-order valence-electron chi connectivity index (χ3n) is 4.04. The molecule has 7 nitrogen and oxygen atoms in total. The number of nitrogens with zero attached hydrogens (tertiary/aromatic N) is 1. The highest BCUT2D eigenvalue weighted by atomic mass is 32.1. The Morgan fingerprint density at radius 2 is 1.90 bits per heavy atom. The van der Waals surface area contributed by atoms with Crippen LogP contribution in [0.25, 0.3) is 0 Å². The van der Waals surface area contributed by atoms with Crippen molar-refractivity contribution in [2.75, 3.05) is 17.7 Å². The van der Waals surface area contributed by atoms with E-state index in [1.165, 1.54) is 18.3 Å². The first-order valence-electron chi connectivity index (χ1n) is 8.86. The quantitative estimate of drug-likeness (QED) is 0.556. The summed E-state index contributed by atoms with van der Waals surface area (Å²) in [5.41, 5.74) is 3.07. The molecule has 0 spiro atoms. The number of ether oxygens (including phenoxy) is 2. The molecule has 0 aliphatic heterocycles. The highest BCUT2D eigenvalue weighted by Gasteiger charge is 2.16. The molecule has 0 atom stereocenters. The van der Waals surface area contributed by atoms with Crippen molar-refractivity contribution in [2.24, 2.45) is 0 Å². The predicted octanol–water partition coefficient (Wildman–Crippen LogP) is 4.52. The van der Waals surface area contributed by atoms with E-state index < -0.39 is 5.97 Å². The van der Waals surface area contributed by atoms with E-state index in [1.54, 1.807) is 19.2 Å². The molecule has 1 aromatic heterocycles. The number of methoxy groups -OCH3 is 1. The number of nitrogens with one attached hydrogen (secondary N) is 2. The summed E-state index contributed by atoms with van der Waals surface area (Å²) in [7, 11) is 1.62. The lowest BCUT2D eigenvalue weighted by molar-refractivity contribution is -0.114. The second kappa shape index (κ2) is 9.20. The minimum atomic E-state index is -0.518. The molecule has 2 aromatic carbocycles. The van der Waals surface area contributed by atoms with Crippen molar-refractivity contribution in [3.63, 3.8) is 0 Å². The number of benzene rings is 2. The van der Waals surface area contributed by atoms with Crippen molar-refractivity contribution in [3.8, 4) is 5.75 Å². The molecular weight excluding hydrogens is 390 g/mol. The zero-order chi connectivity index (χ0) is 20.8. The number of aromatic nitrogens is 1. The van der Waals surface area contributed by atoms with Crippen molar-refractivity contribution < 1.29 is 19.1 Å². The Labute approximate surface area is 172 Å². The predicted molar refractivity (Wildman–Crippen MR) is 113 cm³/mol. The zero-order valence-corrected chi connectivity index (χ0v) is 17.1. The highest BCUT2D eigenvalue weighted by Crippen LogP contribution is 2.24. The maximum atomic E-state index is 12.5. The summed E-state index contributed by atoms with van der Waals surface area (Å²) < 4.78 is 10.5. The minimum absolute atomic E-state index is 0.0348. The van der Waals surface area contributed by atoms with Crippen LogP contribution in [-0.4, -0.2) is 24.0 Å². The van der Waals surface area contributed by atoms with E-state index in [-0.39, 0.29) is 12.5 Å². The largest absolute Gasteiger partial charge is 0.497 e. The summed E-state index contributed by atoms with van der Waals surface area (Å²) in [4.78, 5) is 28.4.